The zero-order valence-corrected chi connectivity index (χ0v) is 21.6. The molecule has 0 atom stereocenters. The number of benzene rings is 3. The van der Waals surface area contributed by atoms with E-state index >= 15 is 0 Å². The highest BCUT2D eigenvalue weighted by molar-refractivity contribution is 7.99. The average Bonchev–Trinajstić information content (AvgIpc) is 2.94. The lowest BCUT2D eigenvalue weighted by Gasteiger charge is -2.13. The molecule has 3 aromatic carbocycles. The summed E-state index contributed by atoms with van der Waals surface area (Å²) in [6.45, 7) is 1.95. The van der Waals surface area contributed by atoms with Crippen LogP contribution in [0.25, 0.3) is 22.4 Å². The monoisotopic (exact) mass is 551 g/mol. The van der Waals surface area contributed by atoms with Crippen LogP contribution in [0.4, 0.5) is 23.2 Å². The standard InChI is InChI=1S/C29H21F4N3O2S/c1-16-3-5-17(6-4-16)20-13-24(18-7-9-19(38-2)10-8-18)35-29(21(20)15-34)39-12-11-25(37)36-28-26(32)22(30)14-23(31)27(28)33/h3-10,13-14H,11-12H2,1-2H3,(H,36,37). The van der Waals surface area contributed by atoms with Crippen LogP contribution in [0.5, 0.6) is 5.75 Å². The van der Waals surface area contributed by atoms with Crippen molar-refractivity contribution in [3.05, 3.63) is 95.1 Å². The highest BCUT2D eigenvalue weighted by Crippen LogP contribution is 2.35. The number of aryl methyl sites for hydroxylation is 1. The summed E-state index contributed by atoms with van der Waals surface area (Å²) >= 11 is 1.10. The number of rotatable bonds is 8. The SMILES string of the molecule is COc1ccc(-c2cc(-c3ccc(C)cc3)c(C#N)c(SCCC(=O)Nc3c(F)c(F)cc(F)c3F)n2)cc1. The van der Waals surface area contributed by atoms with Crippen LogP contribution < -0.4 is 10.1 Å². The van der Waals surface area contributed by atoms with Gasteiger partial charge in [0.1, 0.15) is 22.5 Å². The van der Waals surface area contributed by atoms with E-state index in [1.54, 1.807) is 19.2 Å². The van der Waals surface area contributed by atoms with Gasteiger partial charge in [-0.3, -0.25) is 4.79 Å². The van der Waals surface area contributed by atoms with E-state index in [9.17, 15) is 27.6 Å². The number of aromatic nitrogens is 1. The van der Waals surface area contributed by atoms with E-state index in [2.05, 4.69) is 11.1 Å². The lowest BCUT2D eigenvalue weighted by atomic mass is 9.98. The van der Waals surface area contributed by atoms with Crippen molar-refractivity contribution < 1.29 is 27.1 Å². The molecular formula is C29H21F4N3O2S. The fourth-order valence-corrected chi connectivity index (χ4v) is 4.67. The molecule has 0 aliphatic rings. The maximum atomic E-state index is 13.9. The topological polar surface area (TPSA) is 75.0 Å². The molecule has 0 radical (unpaired) electrons. The number of halogens is 4. The van der Waals surface area contributed by atoms with Crippen LogP contribution in [0.1, 0.15) is 17.5 Å². The first-order chi connectivity index (χ1) is 18.7. The van der Waals surface area contributed by atoms with Crippen molar-refractivity contribution in [3.63, 3.8) is 0 Å². The van der Waals surface area contributed by atoms with E-state index in [1.807, 2.05) is 54.7 Å². The van der Waals surface area contributed by atoms with Crippen LogP contribution >= 0.6 is 11.8 Å². The third kappa shape index (κ3) is 6.21. The maximum Gasteiger partial charge on any atom is 0.225 e. The van der Waals surface area contributed by atoms with E-state index < -0.39 is 34.9 Å². The highest BCUT2D eigenvalue weighted by Gasteiger charge is 2.21. The molecular weight excluding hydrogens is 530 g/mol. The third-order valence-corrected chi connectivity index (χ3v) is 6.77. The summed E-state index contributed by atoms with van der Waals surface area (Å²) < 4.78 is 60.0. The lowest BCUT2D eigenvalue weighted by molar-refractivity contribution is -0.115. The Morgan fingerprint density at radius 2 is 1.59 bits per heavy atom. The van der Waals surface area contributed by atoms with Crippen molar-refractivity contribution in [2.45, 2.75) is 18.4 Å². The van der Waals surface area contributed by atoms with Gasteiger partial charge in [0.25, 0.3) is 0 Å². The fourth-order valence-electron chi connectivity index (χ4n) is 3.73. The zero-order valence-electron chi connectivity index (χ0n) is 20.8. The molecule has 0 saturated heterocycles. The summed E-state index contributed by atoms with van der Waals surface area (Å²) in [6, 6.07) is 18.9. The van der Waals surface area contributed by atoms with Crippen LogP contribution in [0.15, 0.2) is 65.7 Å². The number of carbonyl (C=O) groups excluding carboxylic acids is 1. The van der Waals surface area contributed by atoms with Crippen molar-refractivity contribution in [1.29, 1.82) is 5.26 Å². The first-order valence-corrected chi connectivity index (χ1v) is 12.6. The Labute approximate surface area is 226 Å². The van der Waals surface area contributed by atoms with Crippen LogP contribution in [-0.2, 0) is 4.79 Å². The van der Waals surface area contributed by atoms with E-state index in [-0.39, 0.29) is 18.2 Å². The first kappa shape index (κ1) is 27.7. The second-order valence-corrected chi connectivity index (χ2v) is 9.51. The number of hydrogen-bond donors (Lipinski definition) is 1. The van der Waals surface area contributed by atoms with Gasteiger partial charge >= 0.3 is 0 Å². The van der Waals surface area contributed by atoms with Gasteiger partial charge < -0.3 is 10.1 Å². The van der Waals surface area contributed by atoms with Gasteiger partial charge in [-0.25, -0.2) is 22.5 Å². The second kappa shape index (κ2) is 12.0. The van der Waals surface area contributed by atoms with Gasteiger partial charge in [-0.2, -0.15) is 5.26 Å². The summed E-state index contributed by atoms with van der Waals surface area (Å²) in [4.78, 5) is 17.0. The second-order valence-electron chi connectivity index (χ2n) is 8.43. The van der Waals surface area contributed by atoms with Gasteiger partial charge in [0.2, 0.25) is 5.91 Å². The Balaban J connectivity index is 1.62. The number of pyridine rings is 1. The number of methoxy groups -OCH3 is 1. The number of ether oxygens (including phenoxy) is 1. The minimum atomic E-state index is -1.70. The summed E-state index contributed by atoms with van der Waals surface area (Å²) in [5, 5.41) is 12.2. The number of thioether (sulfide) groups is 1. The molecule has 4 aromatic rings. The van der Waals surface area contributed by atoms with Crippen molar-refractivity contribution in [2.75, 3.05) is 18.2 Å². The molecule has 4 rings (SSSR count). The number of carbonyl (C=O) groups is 1. The lowest BCUT2D eigenvalue weighted by Crippen LogP contribution is -2.16. The molecule has 0 spiro atoms. The Kier molecular flexibility index (Phi) is 8.52. The summed E-state index contributed by atoms with van der Waals surface area (Å²) in [5.74, 6) is -6.78. The summed E-state index contributed by atoms with van der Waals surface area (Å²) in [6.07, 6.45) is -0.277. The Hall–Kier alpha value is -4.36. The zero-order chi connectivity index (χ0) is 28.1. The smallest absolute Gasteiger partial charge is 0.225 e. The molecule has 0 aliphatic carbocycles. The van der Waals surface area contributed by atoms with Gasteiger partial charge in [-0.1, -0.05) is 29.8 Å². The van der Waals surface area contributed by atoms with Gasteiger partial charge in [0.15, 0.2) is 23.3 Å². The Morgan fingerprint density at radius 1 is 0.974 bits per heavy atom. The largest absolute Gasteiger partial charge is 0.497 e. The maximum absolute atomic E-state index is 13.9. The van der Waals surface area contributed by atoms with Gasteiger partial charge in [-0.05, 0) is 42.8 Å². The number of nitrogens with one attached hydrogen (secondary N) is 1. The number of hydrogen-bond acceptors (Lipinski definition) is 5. The van der Waals surface area contributed by atoms with Gasteiger partial charge in [0, 0.05) is 29.4 Å². The molecule has 0 aliphatic heterocycles. The van der Waals surface area contributed by atoms with Crippen LogP contribution in [-0.4, -0.2) is 23.8 Å². The van der Waals surface area contributed by atoms with Crippen LogP contribution in [0, 0.1) is 41.5 Å². The van der Waals surface area contributed by atoms with Crippen LogP contribution in [0.2, 0.25) is 0 Å². The van der Waals surface area contributed by atoms with Gasteiger partial charge in [0.05, 0.1) is 18.4 Å². The molecule has 39 heavy (non-hydrogen) atoms. The van der Waals surface area contributed by atoms with Crippen molar-refractivity contribution in [3.8, 4) is 34.2 Å². The molecule has 5 nitrogen and oxygen atoms in total. The predicted octanol–water partition coefficient (Wildman–Crippen LogP) is 7.28. The van der Waals surface area contributed by atoms with E-state index in [0.29, 0.717) is 27.6 Å². The quantitative estimate of drug-likeness (QED) is 0.142. The van der Waals surface area contributed by atoms with Crippen molar-refractivity contribution in [1.82, 2.24) is 4.98 Å². The van der Waals surface area contributed by atoms with Crippen molar-refractivity contribution >= 4 is 23.4 Å². The van der Waals surface area contributed by atoms with Crippen LogP contribution in [0.3, 0.4) is 0 Å². The number of nitriles is 1. The summed E-state index contributed by atoms with van der Waals surface area (Å²) in [7, 11) is 1.56. The van der Waals surface area contributed by atoms with E-state index in [0.717, 1.165) is 28.5 Å². The molecule has 10 heteroatoms. The average molecular weight is 552 g/mol. The van der Waals surface area contributed by atoms with Gasteiger partial charge in [-0.15, -0.1) is 11.8 Å². The number of nitrogens with zero attached hydrogens (tertiary/aromatic N) is 2. The number of amides is 1. The Bertz CT molecular complexity index is 1540. The van der Waals surface area contributed by atoms with E-state index in [1.165, 1.54) is 0 Å². The fraction of sp³-hybridized carbons (Fsp3) is 0.138. The Morgan fingerprint density at radius 3 is 2.18 bits per heavy atom. The molecule has 198 valence electrons. The minimum Gasteiger partial charge on any atom is -0.497 e. The molecule has 1 heterocycles. The van der Waals surface area contributed by atoms with E-state index in [4.69, 9.17) is 4.74 Å². The highest BCUT2D eigenvalue weighted by atomic mass is 32.2. The molecule has 0 bridgehead atoms. The summed E-state index contributed by atoms with van der Waals surface area (Å²) in [5.41, 5.74) is 2.95. The first-order valence-electron chi connectivity index (χ1n) is 11.6. The molecule has 1 amide bonds. The molecule has 0 unspecified atom stereocenters. The molecule has 1 aromatic heterocycles. The van der Waals surface area contributed by atoms with Crippen molar-refractivity contribution in [2.24, 2.45) is 0 Å². The predicted molar refractivity (Wildman–Crippen MR) is 141 cm³/mol. The molecule has 1 N–H and O–H groups in total. The minimum absolute atomic E-state index is 0.0622. The molecule has 0 fully saturated rings. The number of anilines is 1. The molecule has 0 saturated carbocycles. The normalized spacial score (nSPS) is 10.7. The third-order valence-electron chi connectivity index (χ3n) is 5.79.